The van der Waals surface area contributed by atoms with Gasteiger partial charge in [0.05, 0.1) is 0 Å². The van der Waals surface area contributed by atoms with E-state index in [-0.39, 0.29) is 18.3 Å². The maximum Gasteiger partial charge on any atom is 0.478 e. The SMILES string of the molecule is C=CCO[N+](=O)OCC=C.CCCCCCCCCCCCCCCC. The zero-order valence-electron chi connectivity index (χ0n) is 17.6. The monoisotopic (exact) mass is 370 g/mol. The van der Waals surface area contributed by atoms with Crippen molar-refractivity contribution in [3.05, 3.63) is 30.2 Å². The highest BCUT2D eigenvalue weighted by Gasteiger charge is 2.07. The van der Waals surface area contributed by atoms with Gasteiger partial charge in [-0.15, -0.1) is 0 Å². The molecule has 0 aliphatic rings. The predicted octanol–water partition coefficient (Wildman–Crippen LogP) is 7.49. The fraction of sp³-hybridized carbons (Fsp3) is 0.818. The molecule has 0 bridgehead atoms. The fourth-order valence-electron chi connectivity index (χ4n) is 2.53. The molecule has 154 valence electrons. The summed E-state index contributed by atoms with van der Waals surface area (Å²) in [6.07, 6.45) is 23.3. The maximum absolute atomic E-state index is 10.3. The zero-order valence-corrected chi connectivity index (χ0v) is 17.6. The van der Waals surface area contributed by atoms with Gasteiger partial charge in [0.25, 0.3) is 0 Å². The summed E-state index contributed by atoms with van der Waals surface area (Å²) in [5.74, 6) is 0. The largest absolute Gasteiger partial charge is 0.478 e. The third-order valence-electron chi connectivity index (χ3n) is 4.05. The van der Waals surface area contributed by atoms with Gasteiger partial charge in [0, 0.05) is 0 Å². The molecule has 0 saturated heterocycles. The van der Waals surface area contributed by atoms with Crippen LogP contribution in [0.5, 0.6) is 0 Å². The highest BCUT2D eigenvalue weighted by molar-refractivity contribution is 4.62. The molecule has 0 aliphatic carbocycles. The van der Waals surface area contributed by atoms with Gasteiger partial charge in [-0.1, -0.05) is 117 Å². The van der Waals surface area contributed by atoms with E-state index in [2.05, 4.69) is 36.7 Å². The van der Waals surface area contributed by atoms with Crippen LogP contribution >= 0.6 is 0 Å². The minimum atomic E-state index is 0.0311. The first-order chi connectivity index (χ1) is 12.7. The van der Waals surface area contributed by atoms with Crippen LogP contribution in [0.15, 0.2) is 25.3 Å². The summed E-state index contributed by atoms with van der Waals surface area (Å²) in [7, 11) is 0. The number of hydrogen-bond donors (Lipinski definition) is 0. The summed E-state index contributed by atoms with van der Waals surface area (Å²) in [4.78, 5) is 19.1. The van der Waals surface area contributed by atoms with Gasteiger partial charge in [-0.3, -0.25) is 0 Å². The van der Waals surface area contributed by atoms with E-state index in [1.54, 1.807) is 0 Å². The topological polar surface area (TPSA) is 38.5 Å². The van der Waals surface area contributed by atoms with Gasteiger partial charge in [-0.25, -0.2) is 0 Å². The van der Waals surface area contributed by atoms with Crippen molar-refractivity contribution in [2.75, 3.05) is 13.2 Å². The Hall–Kier alpha value is -1.32. The van der Waals surface area contributed by atoms with Crippen LogP contribution in [0.4, 0.5) is 0 Å². The molecular weight excluding hydrogens is 326 g/mol. The van der Waals surface area contributed by atoms with Gasteiger partial charge in [0.15, 0.2) is 13.2 Å². The Morgan fingerprint density at radius 2 is 0.885 bits per heavy atom. The number of nitrogens with zero attached hydrogens (tertiary/aromatic N) is 1. The second kappa shape index (κ2) is 25.9. The van der Waals surface area contributed by atoms with Crippen LogP contribution in [0.1, 0.15) is 104 Å². The molecule has 0 atom stereocenters. The molecule has 0 aromatic carbocycles. The zero-order chi connectivity index (χ0) is 19.7. The van der Waals surface area contributed by atoms with E-state index >= 15 is 0 Å². The molecule has 0 fully saturated rings. The highest BCUT2D eigenvalue weighted by atomic mass is 17.0. The van der Waals surface area contributed by atoms with Gasteiger partial charge in [0.1, 0.15) is 4.91 Å². The summed E-state index contributed by atoms with van der Waals surface area (Å²) in [6, 6.07) is 0. The van der Waals surface area contributed by atoms with Gasteiger partial charge in [0.2, 0.25) is 0 Å². The van der Waals surface area contributed by atoms with Crippen LogP contribution in [-0.4, -0.2) is 18.3 Å². The first-order valence-corrected chi connectivity index (χ1v) is 10.7. The molecule has 0 aromatic rings. The van der Waals surface area contributed by atoms with Crippen LogP contribution in [0.25, 0.3) is 0 Å². The first-order valence-electron chi connectivity index (χ1n) is 10.7. The molecule has 0 rings (SSSR count). The lowest BCUT2D eigenvalue weighted by Crippen LogP contribution is -2.10. The Morgan fingerprint density at radius 3 is 1.12 bits per heavy atom. The van der Waals surface area contributed by atoms with Crippen molar-refractivity contribution in [3.63, 3.8) is 0 Å². The highest BCUT2D eigenvalue weighted by Crippen LogP contribution is 2.12. The quantitative estimate of drug-likeness (QED) is 0.134. The minimum Gasteiger partial charge on any atom is -0.182 e. The van der Waals surface area contributed by atoms with Crippen molar-refractivity contribution in [2.24, 2.45) is 0 Å². The van der Waals surface area contributed by atoms with E-state index in [1.807, 2.05) is 0 Å². The number of rotatable bonds is 19. The van der Waals surface area contributed by atoms with E-state index in [0.717, 1.165) is 0 Å². The summed E-state index contributed by atoms with van der Waals surface area (Å²) < 4.78 is 0. The Morgan fingerprint density at radius 1 is 0.615 bits per heavy atom. The summed E-state index contributed by atoms with van der Waals surface area (Å²) in [5, 5.41) is 0.0311. The minimum absolute atomic E-state index is 0.0311. The van der Waals surface area contributed by atoms with Crippen molar-refractivity contribution < 1.29 is 14.8 Å². The number of unbranched alkanes of at least 4 members (excludes halogenated alkanes) is 13. The summed E-state index contributed by atoms with van der Waals surface area (Å²) in [5.41, 5.74) is 0. The molecular formula is C22H44NO3+. The van der Waals surface area contributed by atoms with Gasteiger partial charge in [-0.2, -0.15) is 9.68 Å². The molecule has 0 spiro atoms. The Labute approximate surface area is 162 Å². The lowest BCUT2D eigenvalue weighted by molar-refractivity contribution is -0.978. The van der Waals surface area contributed by atoms with Crippen LogP contribution < -0.4 is 0 Å². The van der Waals surface area contributed by atoms with Crippen LogP contribution in [-0.2, 0) is 9.68 Å². The Kier molecular flexibility index (Phi) is 26.8. The molecule has 0 N–H and O–H groups in total. The van der Waals surface area contributed by atoms with Gasteiger partial charge in [-0.05, 0) is 12.2 Å². The van der Waals surface area contributed by atoms with E-state index in [1.165, 1.54) is 102 Å². The molecule has 0 aromatic heterocycles. The van der Waals surface area contributed by atoms with Crippen molar-refractivity contribution in [3.8, 4) is 0 Å². The van der Waals surface area contributed by atoms with E-state index in [4.69, 9.17) is 0 Å². The summed E-state index contributed by atoms with van der Waals surface area (Å²) in [6.45, 7) is 11.6. The Bertz CT molecular complexity index is 278. The van der Waals surface area contributed by atoms with Crippen LogP contribution in [0.2, 0.25) is 0 Å². The molecule has 0 saturated carbocycles. The fourth-order valence-corrected chi connectivity index (χ4v) is 2.53. The van der Waals surface area contributed by atoms with Crippen molar-refractivity contribution in [1.82, 2.24) is 0 Å². The standard InChI is InChI=1S/C16H34.C6H10NO3/c1-3-5-7-9-11-13-15-16-14-12-10-8-6-4-2;1-3-5-9-7(8)10-6-4-2/h3-16H2,1-2H3;3-4H,1-2,5-6H2/q;+1. The second-order valence-corrected chi connectivity index (χ2v) is 6.64. The van der Waals surface area contributed by atoms with Gasteiger partial charge >= 0.3 is 5.09 Å². The molecule has 0 amide bonds. The van der Waals surface area contributed by atoms with Crippen LogP contribution in [0.3, 0.4) is 0 Å². The normalized spacial score (nSPS) is 9.77. The first kappa shape index (κ1) is 26.9. The molecule has 26 heavy (non-hydrogen) atoms. The van der Waals surface area contributed by atoms with Gasteiger partial charge < -0.3 is 0 Å². The van der Waals surface area contributed by atoms with Crippen LogP contribution in [0, 0.1) is 4.91 Å². The van der Waals surface area contributed by atoms with Crippen molar-refractivity contribution >= 4 is 0 Å². The Balaban J connectivity index is 0. The summed E-state index contributed by atoms with van der Waals surface area (Å²) >= 11 is 0. The third-order valence-corrected chi connectivity index (χ3v) is 4.05. The molecule has 0 radical (unpaired) electrons. The average Bonchev–Trinajstić information content (AvgIpc) is 2.66. The average molecular weight is 371 g/mol. The smallest absolute Gasteiger partial charge is 0.182 e. The lowest BCUT2D eigenvalue weighted by atomic mass is 10.0. The second-order valence-electron chi connectivity index (χ2n) is 6.64. The molecule has 0 heterocycles. The lowest BCUT2D eigenvalue weighted by Gasteiger charge is -2.02. The third kappa shape index (κ3) is 27.5. The molecule has 4 heteroatoms. The van der Waals surface area contributed by atoms with E-state index < -0.39 is 0 Å². The van der Waals surface area contributed by atoms with E-state index in [0.29, 0.717) is 0 Å². The maximum atomic E-state index is 10.3. The van der Waals surface area contributed by atoms with Crippen molar-refractivity contribution in [1.29, 1.82) is 0 Å². The van der Waals surface area contributed by atoms with Crippen molar-refractivity contribution in [2.45, 2.75) is 104 Å². The number of hydrogen-bond acceptors (Lipinski definition) is 3. The predicted molar refractivity (Wildman–Crippen MR) is 112 cm³/mol. The van der Waals surface area contributed by atoms with E-state index in [9.17, 15) is 4.91 Å². The molecule has 4 nitrogen and oxygen atoms in total. The molecule has 0 aliphatic heterocycles. The molecule has 0 unspecified atom stereocenters.